The van der Waals surface area contributed by atoms with Gasteiger partial charge in [0.2, 0.25) is 0 Å². The van der Waals surface area contributed by atoms with Crippen molar-refractivity contribution in [2.75, 3.05) is 25.2 Å². The quantitative estimate of drug-likeness (QED) is 0.372. The second kappa shape index (κ2) is 9.62. The van der Waals surface area contributed by atoms with Gasteiger partial charge in [0.1, 0.15) is 5.82 Å². The lowest BCUT2D eigenvalue weighted by Gasteiger charge is -2.23. The molecule has 2 aromatic rings. The second-order valence-corrected chi connectivity index (χ2v) is 9.92. The normalized spacial score (nSPS) is 17.9. The first kappa shape index (κ1) is 23.0. The smallest absolute Gasteiger partial charge is 0.339 e. The lowest BCUT2D eigenvalue weighted by molar-refractivity contribution is -0.147. The molecule has 1 aliphatic heterocycles. The Morgan fingerprint density at radius 3 is 2.39 bits per heavy atom. The fourth-order valence-electron chi connectivity index (χ4n) is 3.21. The fourth-order valence-corrected chi connectivity index (χ4v) is 5.11. The summed E-state index contributed by atoms with van der Waals surface area (Å²) in [5.41, 5.74) is 1.23. The van der Waals surface area contributed by atoms with E-state index in [0.717, 1.165) is 0 Å². The predicted octanol–water partition coefficient (Wildman–Crippen LogP) is 3.21. The van der Waals surface area contributed by atoms with Gasteiger partial charge >= 0.3 is 5.97 Å². The van der Waals surface area contributed by atoms with Crippen LogP contribution in [0.5, 0.6) is 0 Å². The van der Waals surface area contributed by atoms with Crippen LogP contribution in [-0.2, 0) is 24.2 Å². The van der Waals surface area contributed by atoms with Gasteiger partial charge in [-0.2, -0.15) is 0 Å². The molecule has 0 radical (unpaired) electrons. The zero-order valence-corrected chi connectivity index (χ0v) is 18.3. The highest BCUT2D eigenvalue weighted by Gasteiger charge is 2.33. The van der Waals surface area contributed by atoms with Gasteiger partial charge in [0.15, 0.2) is 16.4 Å². The summed E-state index contributed by atoms with van der Waals surface area (Å²) in [6, 6.07) is 11.6. The number of halogens is 2. The van der Waals surface area contributed by atoms with E-state index in [0.29, 0.717) is 22.6 Å². The number of carbonyl (C=O) groups is 2. The van der Waals surface area contributed by atoms with E-state index in [2.05, 4.69) is 0 Å². The predicted molar refractivity (Wildman–Crippen MR) is 117 cm³/mol. The van der Waals surface area contributed by atoms with Gasteiger partial charge < -0.3 is 9.64 Å². The van der Waals surface area contributed by atoms with Gasteiger partial charge in [-0.25, -0.2) is 17.6 Å². The largest absolute Gasteiger partial charge is 0.452 e. The van der Waals surface area contributed by atoms with Crippen LogP contribution in [0.3, 0.4) is 0 Å². The second-order valence-electron chi connectivity index (χ2n) is 7.25. The van der Waals surface area contributed by atoms with E-state index in [-0.39, 0.29) is 17.1 Å². The molecule has 9 heteroatoms. The molecule has 1 amide bonds. The number of ether oxygens (including phenoxy) is 1. The van der Waals surface area contributed by atoms with E-state index >= 15 is 0 Å². The molecule has 0 bridgehead atoms. The summed E-state index contributed by atoms with van der Waals surface area (Å²) in [6.07, 6.45) is 1.92. The molecule has 1 saturated heterocycles. The Labute approximate surface area is 185 Å². The minimum atomic E-state index is -3.15. The van der Waals surface area contributed by atoms with Crippen molar-refractivity contribution in [1.82, 2.24) is 4.90 Å². The Kier molecular flexibility index (Phi) is 7.12. The van der Waals surface area contributed by atoms with Gasteiger partial charge in [-0.1, -0.05) is 35.9 Å². The molecule has 3 rings (SSSR count). The molecule has 0 unspecified atom stereocenters. The molecular formula is C22H21ClFNO5S. The van der Waals surface area contributed by atoms with Crippen molar-refractivity contribution in [2.24, 2.45) is 0 Å². The Bertz CT molecular complexity index is 1100. The van der Waals surface area contributed by atoms with Crippen molar-refractivity contribution >= 4 is 45.0 Å². The van der Waals surface area contributed by atoms with Crippen LogP contribution in [0.15, 0.2) is 48.5 Å². The third-order valence-electron chi connectivity index (χ3n) is 5.03. The molecule has 1 aliphatic rings. The summed E-state index contributed by atoms with van der Waals surface area (Å²) in [7, 11) is -1.65. The first-order chi connectivity index (χ1) is 14.6. The van der Waals surface area contributed by atoms with E-state index in [1.54, 1.807) is 30.3 Å². The summed E-state index contributed by atoms with van der Waals surface area (Å²) in [4.78, 5) is 26.5. The fraction of sp³-hybridized carbons (Fsp3) is 0.273. The average Bonchev–Trinajstić information content (AvgIpc) is 3.11. The van der Waals surface area contributed by atoms with E-state index in [9.17, 15) is 22.4 Å². The van der Waals surface area contributed by atoms with E-state index < -0.39 is 40.2 Å². The molecule has 0 aliphatic carbocycles. The third kappa shape index (κ3) is 6.15. The molecule has 1 atom stereocenters. The Hall–Kier alpha value is -2.71. The maximum atomic E-state index is 13.3. The molecular weight excluding hydrogens is 445 g/mol. The van der Waals surface area contributed by atoms with Crippen LogP contribution >= 0.6 is 11.6 Å². The molecule has 164 valence electrons. The van der Waals surface area contributed by atoms with Crippen molar-refractivity contribution < 1.29 is 27.1 Å². The molecule has 31 heavy (non-hydrogen) atoms. The van der Waals surface area contributed by atoms with Gasteiger partial charge in [-0.05, 0) is 47.9 Å². The monoisotopic (exact) mass is 465 g/mol. The van der Waals surface area contributed by atoms with Crippen LogP contribution in [0.2, 0.25) is 5.02 Å². The van der Waals surface area contributed by atoms with Crippen molar-refractivity contribution in [3.63, 3.8) is 0 Å². The van der Waals surface area contributed by atoms with Crippen LogP contribution in [0.25, 0.3) is 11.6 Å². The van der Waals surface area contributed by atoms with E-state index in [1.165, 1.54) is 36.2 Å². The number of likely N-dealkylation sites (N-methyl/N-ethyl adjacent to an activating group) is 1. The molecule has 1 heterocycles. The minimum Gasteiger partial charge on any atom is -0.452 e. The molecule has 0 N–H and O–H groups in total. The van der Waals surface area contributed by atoms with Crippen LogP contribution in [0.1, 0.15) is 17.5 Å². The number of rotatable bonds is 6. The summed E-state index contributed by atoms with van der Waals surface area (Å²) < 4.78 is 41.8. The number of hydrogen-bond donors (Lipinski definition) is 0. The maximum absolute atomic E-state index is 13.3. The highest BCUT2D eigenvalue weighted by Crippen LogP contribution is 2.22. The summed E-state index contributed by atoms with van der Waals surface area (Å²) in [5, 5.41) is 0.533. The lowest BCUT2D eigenvalue weighted by Crippen LogP contribution is -2.40. The minimum absolute atomic E-state index is 0.0353. The van der Waals surface area contributed by atoms with Crippen molar-refractivity contribution in [1.29, 1.82) is 0 Å². The number of hydrogen-bond acceptors (Lipinski definition) is 5. The van der Waals surface area contributed by atoms with Crippen LogP contribution in [0.4, 0.5) is 4.39 Å². The summed E-state index contributed by atoms with van der Waals surface area (Å²) in [6.45, 7) is -0.537. The third-order valence-corrected chi connectivity index (χ3v) is 7.03. The van der Waals surface area contributed by atoms with Gasteiger partial charge in [-0.15, -0.1) is 0 Å². The van der Waals surface area contributed by atoms with Crippen molar-refractivity contribution in [3.05, 3.63) is 70.5 Å². The number of esters is 1. The first-order valence-electron chi connectivity index (χ1n) is 9.51. The molecule has 2 aromatic carbocycles. The number of amides is 1. The van der Waals surface area contributed by atoms with Gasteiger partial charge in [-0.3, -0.25) is 4.79 Å². The molecule has 0 saturated carbocycles. The maximum Gasteiger partial charge on any atom is 0.339 e. The van der Waals surface area contributed by atoms with Crippen LogP contribution in [-0.4, -0.2) is 56.4 Å². The lowest BCUT2D eigenvalue weighted by atomic mass is 10.0. The summed E-state index contributed by atoms with van der Waals surface area (Å²) in [5.74, 6) is -1.78. The molecule has 6 nitrogen and oxygen atoms in total. The topological polar surface area (TPSA) is 80.8 Å². The van der Waals surface area contributed by atoms with Gasteiger partial charge in [0, 0.05) is 18.1 Å². The Morgan fingerprint density at radius 1 is 1.16 bits per heavy atom. The number of benzene rings is 2. The molecule has 0 spiro atoms. The Balaban J connectivity index is 1.74. The number of nitrogens with zero attached hydrogens (tertiary/aromatic N) is 1. The average molecular weight is 466 g/mol. The van der Waals surface area contributed by atoms with E-state index in [1.807, 2.05) is 0 Å². The molecule has 0 aromatic heterocycles. The van der Waals surface area contributed by atoms with Gasteiger partial charge in [0.25, 0.3) is 5.91 Å². The first-order valence-corrected chi connectivity index (χ1v) is 11.7. The highest BCUT2D eigenvalue weighted by molar-refractivity contribution is 7.91. The number of sulfone groups is 1. The zero-order valence-electron chi connectivity index (χ0n) is 16.8. The van der Waals surface area contributed by atoms with Crippen LogP contribution in [0, 0.1) is 5.82 Å². The standard InChI is InChI=1S/C22H21ClFNO5S/c1-25(19-10-11-31(28,29)14-19)21(26)13-30-22(27)20(16-4-8-18(24)9-5-16)12-15-2-6-17(23)7-3-15/h2-9,12,19H,10-11,13-14H2,1H3/b20-12+/t19-/m0/s1. The molecule has 1 fully saturated rings. The van der Waals surface area contributed by atoms with E-state index in [4.69, 9.17) is 16.3 Å². The van der Waals surface area contributed by atoms with Crippen molar-refractivity contribution in [3.8, 4) is 0 Å². The summed E-state index contributed by atoms with van der Waals surface area (Å²) >= 11 is 5.90. The zero-order chi connectivity index (χ0) is 22.6. The highest BCUT2D eigenvalue weighted by atomic mass is 35.5. The van der Waals surface area contributed by atoms with Crippen molar-refractivity contribution in [2.45, 2.75) is 12.5 Å². The number of carbonyl (C=O) groups excluding carboxylic acids is 2. The van der Waals surface area contributed by atoms with Crippen LogP contribution < -0.4 is 0 Å². The Morgan fingerprint density at radius 2 is 1.81 bits per heavy atom. The van der Waals surface area contributed by atoms with Gasteiger partial charge in [0.05, 0.1) is 17.1 Å². The SMILES string of the molecule is CN(C(=O)COC(=O)/C(=C/c1ccc(Cl)cc1)c1ccc(F)cc1)[C@H]1CCS(=O)(=O)C1.